The molecule has 1 heterocycles. The van der Waals surface area contributed by atoms with Crippen molar-refractivity contribution in [1.82, 2.24) is 4.57 Å². The molecule has 1 atom stereocenters. The van der Waals surface area contributed by atoms with E-state index in [1.165, 1.54) is 27.7 Å². The second-order valence-corrected chi connectivity index (χ2v) is 6.19. The number of aliphatic hydroxyl groups is 1. The van der Waals surface area contributed by atoms with Crippen LogP contribution in [0.2, 0.25) is 0 Å². The van der Waals surface area contributed by atoms with Gasteiger partial charge in [-0.2, -0.15) is 0 Å². The average Bonchev–Trinajstić information content (AvgIpc) is 2.80. The van der Waals surface area contributed by atoms with Crippen molar-refractivity contribution in [2.24, 2.45) is 0 Å². The minimum Gasteiger partial charge on any atom is -0.389 e. The molecule has 0 aliphatic carbocycles. The SMILES string of the molecule is Cc1ccccc1NCC(O)Cn1c(C)c(C)c2ccccc21. The molecule has 0 saturated carbocycles. The Morgan fingerprint density at radius 3 is 2.48 bits per heavy atom. The van der Waals surface area contributed by atoms with Crippen molar-refractivity contribution >= 4 is 16.6 Å². The van der Waals surface area contributed by atoms with Crippen LogP contribution in [0.5, 0.6) is 0 Å². The van der Waals surface area contributed by atoms with Crippen LogP contribution in [0.3, 0.4) is 0 Å². The highest BCUT2D eigenvalue weighted by Gasteiger charge is 2.13. The fourth-order valence-corrected chi connectivity index (χ4v) is 3.11. The predicted octanol–water partition coefficient (Wildman–Crippen LogP) is 4.04. The number of nitrogens with zero attached hydrogens (tertiary/aromatic N) is 1. The fourth-order valence-electron chi connectivity index (χ4n) is 3.11. The topological polar surface area (TPSA) is 37.2 Å². The Bertz CT molecular complexity index is 820. The van der Waals surface area contributed by atoms with Gasteiger partial charge >= 0.3 is 0 Å². The second kappa shape index (κ2) is 6.47. The number of aryl methyl sites for hydroxylation is 2. The van der Waals surface area contributed by atoms with Crippen LogP contribution in [0.15, 0.2) is 48.5 Å². The summed E-state index contributed by atoms with van der Waals surface area (Å²) in [4.78, 5) is 0. The lowest BCUT2D eigenvalue weighted by molar-refractivity contribution is 0.167. The van der Waals surface area contributed by atoms with E-state index >= 15 is 0 Å². The lowest BCUT2D eigenvalue weighted by Crippen LogP contribution is -2.25. The molecule has 0 radical (unpaired) electrons. The zero-order valence-corrected chi connectivity index (χ0v) is 14.0. The fraction of sp³-hybridized carbons (Fsp3) is 0.300. The van der Waals surface area contributed by atoms with Crippen LogP contribution < -0.4 is 5.32 Å². The molecular weight excluding hydrogens is 284 g/mol. The molecule has 0 aliphatic rings. The minimum atomic E-state index is -0.441. The monoisotopic (exact) mass is 308 g/mol. The molecule has 0 bridgehead atoms. The standard InChI is InChI=1S/C20H24N2O/c1-14-8-4-6-10-19(14)21-12-17(23)13-22-16(3)15(2)18-9-5-7-11-20(18)22/h4-11,17,21,23H,12-13H2,1-3H3. The maximum Gasteiger partial charge on any atom is 0.0891 e. The molecule has 0 saturated heterocycles. The van der Waals surface area contributed by atoms with Gasteiger partial charge in [-0.15, -0.1) is 0 Å². The van der Waals surface area contributed by atoms with Gasteiger partial charge in [-0.3, -0.25) is 0 Å². The molecule has 0 fully saturated rings. The Morgan fingerprint density at radius 2 is 1.70 bits per heavy atom. The van der Waals surface area contributed by atoms with Gasteiger partial charge in [0.25, 0.3) is 0 Å². The zero-order chi connectivity index (χ0) is 16.4. The number of rotatable bonds is 5. The van der Waals surface area contributed by atoms with E-state index in [1.54, 1.807) is 0 Å². The van der Waals surface area contributed by atoms with E-state index < -0.39 is 6.10 Å². The highest BCUT2D eigenvalue weighted by molar-refractivity contribution is 5.85. The van der Waals surface area contributed by atoms with E-state index in [4.69, 9.17) is 0 Å². The third-order valence-corrected chi connectivity index (χ3v) is 4.61. The van der Waals surface area contributed by atoms with Crippen molar-refractivity contribution in [2.45, 2.75) is 33.4 Å². The van der Waals surface area contributed by atoms with Crippen LogP contribution in [0.4, 0.5) is 5.69 Å². The van der Waals surface area contributed by atoms with E-state index in [2.05, 4.69) is 61.0 Å². The number of aliphatic hydroxyl groups excluding tert-OH is 1. The predicted molar refractivity (Wildman–Crippen MR) is 97.1 cm³/mol. The normalized spacial score (nSPS) is 12.5. The Morgan fingerprint density at radius 1 is 1.00 bits per heavy atom. The van der Waals surface area contributed by atoms with Crippen LogP contribution in [0, 0.1) is 20.8 Å². The first kappa shape index (κ1) is 15.6. The van der Waals surface area contributed by atoms with Gasteiger partial charge in [0.05, 0.1) is 12.6 Å². The molecule has 3 rings (SSSR count). The van der Waals surface area contributed by atoms with Gasteiger partial charge in [0.2, 0.25) is 0 Å². The number of benzene rings is 2. The van der Waals surface area contributed by atoms with E-state index in [-0.39, 0.29) is 0 Å². The van der Waals surface area contributed by atoms with Crippen LogP contribution in [-0.4, -0.2) is 22.3 Å². The lowest BCUT2D eigenvalue weighted by Gasteiger charge is -2.17. The molecule has 0 amide bonds. The first-order valence-corrected chi connectivity index (χ1v) is 8.10. The number of hydrogen-bond donors (Lipinski definition) is 2. The van der Waals surface area contributed by atoms with Gasteiger partial charge in [-0.1, -0.05) is 36.4 Å². The molecule has 0 aliphatic heterocycles. The van der Waals surface area contributed by atoms with Gasteiger partial charge in [-0.05, 0) is 44.0 Å². The largest absolute Gasteiger partial charge is 0.389 e. The van der Waals surface area contributed by atoms with Gasteiger partial charge in [-0.25, -0.2) is 0 Å². The summed E-state index contributed by atoms with van der Waals surface area (Å²) in [7, 11) is 0. The summed E-state index contributed by atoms with van der Waals surface area (Å²) in [6, 6.07) is 16.5. The number of hydrogen-bond acceptors (Lipinski definition) is 2. The van der Waals surface area contributed by atoms with Crippen molar-refractivity contribution in [1.29, 1.82) is 0 Å². The Labute approximate surface area is 137 Å². The first-order chi connectivity index (χ1) is 11.1. The minimum absolute atomic E-state index is 0.441. The molecular formula is C20H24N2O. The van der Waals surface area contributed by atoms with E-state index in [0.29, 0.717) is 13.1 Å². The Kier molecular flexibility index (Phi) is 4.39. The molecule has 1 aromatic heterocycles. The summed E-state index contributed by atoms with van der Waals surface area (Å²) >= 11 is 0. The molecule has 3 aromatic rings. The molecule has 0 spiro atoms. The molecule has 120 valence electrons. The Balaban J connectivity index is 1.75. The number of anilines is 1. The highest BCUT2D eigenvalue weighted by Crippen LogP contribution is 2.25. The summed E-state index contributed by atoms with van der Waals surface area (Å²) in [5.41, 5.74) is 5.98. The number of aromatic nitrogens is 1. The first-order valence-electron chi connectivity index (χ1n) is 8.10. The number of fused-ring (bicyclic) bond motifs is 1. The number of nitrogens with one attached hydrogen (secondary N) is 1. The maximum absolute atomic E-state index is 10.5. The third kappa shape index (κ3) is 3.10. The third-order valence-electron chi connectivity index (χ3n) is 4.61. The van der Waals surface area contributed by atoms with Gasteiger partial charge in [0, 0.05) is 28.8 Å². The molecule has 3 nitrogen and oxygen atoms in total. The molecule has 1 unspecified atom stereocenters. The van der Waals surface area contributed by atoms with Crippen LogP contribution >= 0.6 is 0 Å². The van der Waals surface area contributed by atoms with Crippen molar-refractivity contribution in [3.05, 3.63) is 65.4 Å². The van der Waals surface area contributed by atoms with Crippen molar-refractivity contribution in [3.8, 4) is 0 Å². The summed E-state index contributed by atoms with van der Waals surface area (Å²) in [5, 5.41) is 15.1. The summed E-state index contributed by atoms with van der Waals surface area (Å²) in [6.07, 6.45) is -0.441. The van der Waals surface area contributed by atoms with Crippen molar-refractivity contribution in [3.63, 3.8) is 0 Å². The van der Waals surface area contributed by atoms with E-state index in [9.17, 15) is 5.11 Å². The molecule has 23 heavy (non-hydrogen) atoms. The molecule has 2 aromatic carbocycles. The zero-order valence-electron chi connectivity index (χ0n) is 14.0. The second-order valence-electron chi connectivity index (χ2n) is 6.19. The maximum atomic E-state index is 10.5. The summed E-state index contributed by atoms with van der Waals surface area (Å²) in [6.45, 7) is 7.47. The smallest absolute Gasteiger partial charge is 0.0891 e. The average molecular weight is 308 g/mol. The van der Waals surface area contributed by atoms with Crippen LogP contribution in [0.25, 0.3) is 10.9 Å². The lowest BCUT2D eigenvalue weighted by atomic mass is 10.2. The summed E-state index contributed by atoms with van der Waals surface area (Å²) < 4.78 is 2.22. The summed E-state index contributed by atoms with van der Waals surface area (Å²) in [5.74, 6) is 0. The highest BCUT2D eigenvalue weighted by atomic mass is 16.3. The van der Waals surface area contributed by atoms with E-state index in [1.807, 2.05) is 18.2 Å². The van der Waals surface area contributed by atoms with E-state index in [0.717, 1.165) is 5.69 Å². The van der Waals surface area contributed by atoms with Crippen molar-refractivity contribution in [2.75, 3.05) is 11.9 Å². The van der Waals surface area contributed by atoms with Crippen molar-refractivity contribution < 1.29 is 5.11 Å². The van der Waals surface area contributed by atoms with Gasteiger partial charge in [0.1, 0.15) is 0 Å². The van der Waals surface area contributed by atoms with Gasteiger partial charge < -0.3 is 15.0 Å². The molecule has 3 heteroatoms. The quantitative estimate of drug-likeness (QED) is 0.746. The van der Waals surface area contributed by atoms with Crippen LogP contribution in [0.1, 0.15) is 16.8 Å². The molecule has 2 N–H and O–H groups in total. The van der Waals surface area contributed by atoms with Gasteiger partial charge in [0.15, 0.2) is 0 Å². The Hall–Kier alpha value is -2.26. The van der Waals surface area contributed by atoms with Crippen LogP contribution in [-0.2, 0) is 6.54 Å². The number of para-hydroxylation sites is 2.